The van der Waals surface area contributed by atoms with E-state index in [4.69, 9.17) is 9.97 Å². The number of hydrogen-bond acceptors (Lipinski definition) is 9. The summed E-state index contributed by atoms with van der Waals surface area (Å²) in [5, 5.41) is 16.3. The summed E-state index contributed by atoms with van der Waals surface area (Å²) in [5.41, 5.74) is 2.98. The van der Waals surface area contributed by atoms with Crippen LogP contribution in [0.1, 0.15) is 170 Å². The molecule has 72 heavy (non-hydrogen) atoms. The van der Waals surface area contributed by atoms with Crippen LogP contribution in [0.15, 0.2) is 84.9 Å². The van der Waals surface area contributed by atoms with Gasteiger partial charge in [-0.25, -0.2) is 14.8 Å². The van der Waals surface area contributed by atoms with Crippen molar-refractivity contribution in [3.05, 3.63) is 119 Å². The highest BCUT2D eigenvalue weighted by atomic mass is 16.4. The molecule has 3 aliphatic rings. The maximum atomic E-state index is 15.0. The van der Waals surface area contributed by atoms with Crippen molar-refractivity contribution in [2.45, 2.75) is 135 Å². The van der Waals surface area contributed by atoms with Crippen molar-refractivity contribution in [1.82, 2.24) is 40.2 Å². The number of aromatic nitrogens is 2. The van der Waals surface area contributed by atoms with Gasteiger partial charge in [0.1, 0.15) is 28.8 Å². The van der Waals surface area contributed by atoms with Gasteiger partial charge in [0.2, 0.25) is 0 Å². The molecule has 3 atom stereocenters. The maximum Gasteiger partial charge on any atom is 0.326 e. The van der Waals surface area contributed by atoms with Crippen molar-refractivity contribution in [2.24, 2.45) is 5.92 Å². The summed E-state index contributed by atoms with van der Waals surface area (Å²) in [6.45, 7) is 14.8. The molecule has 386 valence electrons. The molecule has 1 saturated carbocycles. The SMILES string of the molecule is CCCCN(C(=O)c1cc(-c2cc(C(=O)NC(C(=O)O)C3CCCCC3)nc(C(=O)N(CCC)C(C)CN3CCCC3)c2)cc(C(=O)NCCC(c2ccccc2)c2ccccc2)n1)C(C)CN1CCCC1. The first-order valence-corrected chi connectivity index (χ1v) is 27.0. The Morgan fingerprint density at radius 2 is 1.10 bits per heavy atom. The van der Waals surface area contributed by atoms with E-state index in [0.29, 0.717) is 69.5 Å². The Morgan fingerprint density at radius 1 is 0.625 bits per heavy atom. The second-order valence-electron chi connectivity index (χ2n) is 20.4. The van der Waals surface area contributed by atoms with E-state index in [1.807, 2.05) is 55.1 Å². The molecular weight excluding hydrogens is 905 g/mol. The van der Waals surface area contributed by atoms with Crippen LogP contribution in [-0.2, 0) is 4.79 Å². The maximum absolute atomic E-state index is 15.0. The highest BCUT2D eigenvalue weighted by molar-refractivity contribution is 6.01. The Hall–Kier alpha value is -5.99. The minimum atomic E-state index is -1.14. The van der Waals surface area contributed by atoms with Crippen LogP contribution >= 0.6 is 0 Å². The Bertz CT molecular complexity index is 2380. The fraction of sp³-hybridized carbons (Fsp3) is 0.534. The number of nitrogens with one attached hydrogen (secondary N) is 2. The first kappa shape index (κ1) is 53.8. The molecule has 14 nitrogen and oxygen atoms in total. The fourth-order valence-corrected chi connectivity index (χ4v) is 11.0. The number of nitrogens with zero attached hydrogens (tertiary/aromatic N) is 6. The number of pyridine rings is 2. The second-order valence-corrected chi connectivity index (χ2v) is 20.4. The van der Waals surface area contributed by atoms with Gasteiger partial charge in [-0.2, -0.15) is 0 Å². The van der Waals surface area contributed by atoms with Crippen molar-refractivity contribution >= 4 is 29.6 Å². The molecule has 14 heteroatoms. The summed E-state index contributed by atoms with van der Waals surface area (Å²) in [4.78, 5) is 89.6. The number of hydrogen-bond donors (Lipinski definition) is 3. The van der Waals surface area contributed by atoms with Gasteiger partial charge in [0.05, 0.1) is 0 Å². The normalized spacial score (nSPS) is 16.8. The van der Waals surface area contributed by atoms with Gasteiger partial charge < -0.3 is 35.3 Å². The van der Waals surface area contributed by atoms with E-state index in [1.54, 1.807) is 23.1 Å². The molecule has 7 rings (SSSR count). The Labute approximate surface area is 427 Å². The van der Waals surface area contributed by atoms with Crippen LogP contribution in [0.5, 0.6) is 0 Å². The van der Waals surface area contributed by atoms with Crippen LogP contribution in [0.25, 0.3) is 11.1 Å². The van der Waals surface area contributed by atoms with Gasteiger partial charge >= 0.3 is 5.97 Å². The van der Waals surface area contributed by atoms with Crippen molar-refractivity contribution in [2.75, 3.05) is 58.9 Å². The number of carbonyl (C=O) groups is 5. The van der Waals surface area contributed by atoms with Crippen molar-refractivity contribution in [3.8, 4) is 11.1 Å². The number of carboxylic acids is 1. The van der Waals surface area contributed by atoms with Gasteiger partial charge in [0.15, 0.2) is 0 Å². The van der Waals surface area contributed by atoms with E-state index < -0.39 is 23.8 Å². The van der Waals surface area contributed by atoms with E-state index >= 15 is 4.79 Å². The molecule has 0 bridgehead atoms. The lowest BCUT2D eigenvalue weighted by Gasteiger charge is -2.32. The molecule has 4 heterocycles. The predicted molar refractivity (Wildman–Crippen MR) is 282 cm³/mol. The first-order valence-electron chi connectivity index (χ1n) is 27.0. The van der Waals surface area contributed by atoms with Crippen LogP contribution < -0.4 is 10.6 Å². The quantitative estimate of drug-likeness (QED) is 0.0617. The third kappa shape index (κ3) is 14.4. The van der Waals surface area contributed by atoms with Crippen LogP contribution in [0.3, 0.4) is 0 Å². The van der Waals surface area contributed by atoms with E-state index in [9.17, 15) is 24.3 Å². The van der Waals surface area contributed by atoms with Crippen molar-refractivity contribution < 1.29 is 29.1 Å². The van der Waals surface area contributed by atoms with E-state index in [-0.39, 0.29) is 58.5 Å². The third-order valence-electron chi connectivity index (χ3n) is 14.9. The number of aliphatic carboxylic acids is 1. The topological polar surface area (TPSA) is 168 Å². The van der Waals surface area contributed by atoms with Gasteiger partial charge in [0.25, 0.3) is 23.6 Å². The van der Waals surface area contributed by atoms with Crippen LogP contribution in [0.4, 0.5) is 0 Å². The summed E-state index contributed by atoms with van der Waals surface area (Å²) >= 11 is 0. The third-order valence-corrected chi connectivity index (χ3v) is 14.9. The molecular formula is C58H78N8O6. The number of carboxylic acid groups (broad SMARTS) is 1. The summed E-state index contributed by atoms with van der Waals surface area (Å²) < 4.78 is 0. The molecule has 2 aliphatic heterocycles. The first-order chi connectivity index (χ1) is 34.9. The van der Waals surface area contributed by atoms with Gasteiger partial charge in [-0.3, -0.25) is 19.2 Å². The largest absolute Gasteiger partial charge is 0.480 e. The van der Waals surface area contributed by atoms with E-state index in [0.717, 1.165) is 95.1 Å². The number of carbonyl (C=O) groups excluding carboxylic acids is 4. The zero-order chi connectivity index (χ0) is 51.0. The molecule has 1 aliphatic carbocycles. The molecule has 3 unspecified atom stereocenters. The minimum Gasteiger partial charge on any atom is -0.480 e. The Kier molecular flexibility index (Phi) is 19.9. The van der Waals surface area contributed by atoms with Crippen molar-refractivity contribution in [3.63, 3.8) is 0 Å². The zero-order valence-electron chi connectivity index (χ0n) is 43.2. The molecule has 2 aromatic heterocycles. The monoisotopic (exact) mass is 983 g/mol. The predicted octanol–water partition coefficient (Wildman–Crippen LogP) is 8.92. The summed E-state index contributed by atoms with van der Waals surface area (Å²) in [6, 6.07) is 25.3. The number of benzene rings is 2. The number of unbranched alkanes of at least 4 members (excludes halogenated alkanes) is 1. The number of rotatable bonds is 24. The smallest absolute Gasteiger partial charge is 0.326 e. The van der Waals surface area contributed by atoms with Crippen LogP contribution in [0.2, 0.25) is 0 Å². The Balaban J connectivity index is 1.29. The van der Waals surface area contributed by atoms with Crippen molar-refractivity contribution in [1.29, 1.82) is 0 Å². The van der Waals surface area contributed by atoms with Gasteiger partial charge in [-0.15, -0.1) is 0 Å². The molecule has 2 aromatic carbocycles. The lowest BCUT2D eigenvalue weighted by molar-refractivity contribution is -0.141. The standard InChI is InChI=1S/C58H78N8O6/c1-5-7-34-66(42(4)40-64-32-19-20-33-64)57(70)52-37-46(35-49(60-52)54(67)59-28-27-48(43-21-11-8-12-22-43)44-23-13-9-14-24-44)47-36-50(55(68)62-53(58(71)72)45-25-15-10-16-26-45)61-51(38-47)56(69)65(29-6-2)41(3)39-63-30-17-18-31-63/h8-9,11-14,21-24,35-38,41-42,45,48,53H,5-7,10,15-20,25-34,39-40H2,1-4H3,(H,59,67)(H,62,68)(H,71,72). The van der Waals surface area contributed by atoms with Gasteiger partial charge in [0, 0.05) is 50.7 Å². The summed E-state index contributed by atoms with van der Waals surface area (Å²) in [5.74, 6) is -3.22. The molecule has 2 saturated heterocycles. The lowest BCUT2D eigenvalue weighted by atomic mass is 9.84. The van der Waals surface area contributed by atoms with E-state index in [2.05, 4.69) is 58.5 Å². The van der Waals surface area contributed by atoms with Gasteiger partial charge in [-0.05, 0) is 150 Å². The molecule has 0 spiro atoms. The molecule has 3 N–H and O–H groups in total. The molecule has 0 radical (unpaired) electrons. The van der Waals surface area contributed by atoms with Gasteiger partial charge in [-0.1, -0.05) is 100 Å². The Morgan fingerprint density at radius 3 is 1.57 bits per heavy atom. The second kappa shape index (κ2) is 26.6. The number of amides is 4. The summed E-state index contributed by atoms with van der Waals surface area (Å²) in [7, 11) is 0. The fourth-order valence-electron chi connectivity index (χ4n) is 11.0. The number of likely N-dealkylation sites (tertiary alicyclic amines) is 2. The molecule has 3 fully saturated rings. The highest BCUT2D eigenvalue weighted by Crippen LogP contribution is 2.30. The molecule has 4 amide bonds. The minimum absolute atomic E-state index is 0.00914. The molecule has 4 aromatic rings. The zero-order valence-corrected chi connectivity index (χ0v) is 43.2. The highest BCUT2D eigenvalue weighted by Gasteiger charge is 2.33. The lowest BCUT2D eigenvalue weighted by Crippen LogP contribution is -2.47. The average Bonchev–Trinajstić information content (AvgIpc) is 4.13. The summed E-state index contributed by atoms with van der Waals surface area (Å²) in [6.07, 6.45) is 11.6. The van der Waals surface area contributed by atoms with E-state index in [1.165, 1.54) is 6.07 Å². The van der Waals surface area contributed by atoms with Crippen LogP contribution in [0, 0.1) is 5.92 Å². The average molecular weight is 983 g/mol. The van der Waals surface area contributed by atoms with Crippen LogP contribution in [-0.4, -0.2) is 141 Å².